The van der Waals surface area contributed by atoms with E-state index < -0.39 is 5.41 Å². The lowest BCUT2D eigenvalue weighted by Crippen LogP contribution is -2.54. The minimum Gasteiger partial charge on any atom is -0.334 e. The minimum atomic E-state index is -0.507. The number of hydrogen-bond donors (Lipinski definition) is 0. The molecule has 1 heterocycles. The van der Waals surface area contributed by atoms with Gasteiger partial charge in [-0.05, 0) is 134 Å². The van der Waals surface area contributed by atoms with Gasteiger partial charge in [-0.25, -0.2) is 4.39 Å². The van der Waals surface area contributed by atoms with E-state index >= 15 is 0 Å². The summed E-state index contributed by atoms with van der Waals surface area (Å²) in [7, 11) is 0. The minimum absolute atomic E-state index is 0.0442. The maximum atomic E-state index is 14.2. The Bertz CT molecular complexity index is 2760. The molecule has 2 heteroatoms. The van der Waals surface area contributed by atoms with Crippen LogP contribution in [0.5, 0.6) is 0 Å². The summed E-state index contributed by atoms with van der Waals surface area (Å²) in [5.74, 6) is -0.197. The Morgan fingerprint density at radius 3 is 1.89 bits per heavy atom. The second kappa shape index (κ2) is 11.8. The Balaban J connectivity index is 1.17. The predicted molar refractivity (Wildman–Crippen MR) is 227 cm³/mol. The summed E-state index contributed by atoms with van der Waals surface area (Å²) in [6, 6.07) is 61.9. The summed E-state index contributed by atoms with van der Waals surface area (Å²) >= 11 is 0. The van der Waals surface area contributed by atoms with Crippen LogP contribution in [0.25, 0.3) is 43.8 Å². The topological polar surface area (TPSA) is 3.24 Å². The summed E-state index contributed by atoms with van der Waals surface area (Å²) in [4.78, 5) is 2.52. The quantitative estimate of drug-likeness (QED) is 0.164. The van der Waals surface area contributed by atoms with Gasteiger partial charge in [0, 0.05) is 16.8 Å². The monoisotopic (exact) mass is 711 g/mol. The Kier molecular flexibility index (Phi) is 6.93. The van der Waals surface area contributed by atoms with Crippen molar-refractivity contribution in [1.29, 1.82) is 0 Å². The fourth-order valence-electron chi connectivity index (χ4n) is 11.2. The lowest BCUT2D eigenvalue weighted by atomic mass is 9.61. The molecule has 0 spiro atoms. The first-order valence-corrected chi connectivity index (χ1v) is 19.8. The molecule has 8 aromatic rings. The van der Waals surface area contributed by atoms with Crippen molar-refractivity contribution < 1.29 is 4.39 Å². The van der Waals surface area contributed by atoms with Gasteiger partial charge in [0.25, 0.3) is 0 Å². The van der Waals surface area contributed by atoms with Crippen molar-refractivity contribution in [3.63, 3.8) is 0 Å². The van der Waals surface area contributed by atoms with Crippen LogP contribution in [-0.2, 0) is 10.8 Å². The molecule has 0 amide bonds. The molecule has 0 N–H and O–H groups in total. The predicted octanol–water partition coefficient (Wildman–Crippen LogP) is 13.9. The van der Waals surface area contributed by atoms with E-state index in [1.54, 1.807) is 12.1 Å². The smallest absolute Gasteiger partial charge is 0.123 e. The van der Waals surface area contributed by atoms with E-state index in [0.717, 1.165) is 18.5 Å². The van der Waals surface area contributed by atoms with Gasteiger partial charge >= 0.3 is 0 Å². The van der Waals surface area contributed by atoms with E-state index in [0.29, 0.717) is 0 Å². The van der Waals surface area contributed by atoms with E-state index in [-0.39, 0.29) is 16.8 Å². The molecule has 0 radical (unpaired) electrons. The lowest BCUT2D eigenvalue weighted by molar-refractivity contribution is 0.195. The van der Waals surface area contributed by atoms with Gasteiger partial charge in [0.2, 0.25) is 0 Å². The molecule has 2 aliphatic carbocycles. The van der Waals surface area contributed by atoms with E-state index in [1.807, 2.05) is 12.1 Å². The van der Waals surface area contributed by atoms with Gasteiger partial charge in [0.15, 0.2) is 0 Å². The van der Waals surface area contributed by atoms with Gasteiger partial charge in [-0.15, -0.1) is 0 Å². The van der Waals surface area contributed by atoms with E-state index in [9.17, 15) is 4.39 Å². The van der Waals surface area contributed by atoms with Crippen molar-refractivity contribution in [2.75, 3.05) is 4.90 Å². The molecule has 0 saturated heterocycles. The Hall–Kier alpha value is -5.99. The Labute approximate surface area is 322 Å². The molecule has 8 aromatic carbocycles. The summed E-state index contributed by atoms with van der Waals surface area (Å²) in [5.41, 5.74) is 13.3. The molecular formula is C53H42FN. The Morgan fingerprint density at radius 2 is 1.15 bits per heavy atom. The van der Waals surface area contributed by atoms with Crippen LogP contribution in [0.3, 0.4) is 0 Å². The molecule has 1 aliphatic heterocycles. The summed E-state index contributed by atoms with van der Waals surface area (Å²) in [6.45, 7) is 4.91. The van der Waals surface area contributed by atoms with Crippen LogP contribution in [0.4, 0.5) is 15.8 Å². The van der Waals surface area contributed by atoms with Gasteiger partial charge in [0.1, 0.15) is 5.82 Å². The van der Waals surface area contributed by atoms with Crippen molar-refractivity contribution >= 4 is 32.9 Å². The largest absolute Gasteiger partial charge is 0.334 e. The zero-order valence-electron chi connectivity index (χ0n) is 31.3. The van der Waals surface area contributed by atoms with E-state index in [1.165, 1.54) is 90.1 Å². The van der Waals surface area contributed by atoms with Crippen LogP contribution >= 0.6 is 0 Å². The van der Waals surface area contributed by atoms with Gasteiger partial charge in [-0.2, -0.15) is 0 Å². The van der Waals surface area contributed by atoms with E-state index in [4.69, 9.17) is 0 Å². The molecule has 0 bridgehead atoms. The second-order valence-electron chi connectivity index (χ2n) is 16.5. The van der Waals surface area contributed by atoms with Crippen molar-refractivity contribution in [3.8, 4) is 22.3 Å². The summed E-state index contributed by atoms with van der Waals surface area (Å²) < 4.78 is 14.2. The van der Waals surface area contributed by atoms with Crippen LogP contribution in [0.2, 0.25) is 0 Å². The lowest BCUT2D eigenvalue weighted by Gasteiger charge is -2.50. The molecule has 1 nitrogen and oxygen atoms in total. The standard InChI is InChI=1S/C53H42FN/c1-51-31-11-12-32-52(51,2)55(41-24-22-40(54)23-25-41)49-30-21-37(34-48(49)51)36-20-27-45-47(33-36)53(38-14-5-3-6-15-38,39-16-7-4-8-17-39)46-29-28-43-42-18-10-9-13-35(42)19-26-44(43)50(45)46/h3-10,13-30,33-34H,11-12,31-32H2,1-2H3. The first-order valence-electron chi connectivity index (χ1n) is 19.8. The first kappa shape index (κ1) is 32.4. The normalized spacial score (nSPS) is 20.6. The summed E-state index contributed by atoms with van der Waals surface area (Å²) in [6.07, 6.45) is 4.64. The van der Waals surface area contributed by atoms with Crippen molar-refractivity contribution in [3.05, 3.63) is 203 Å². The van der Waals surface area contributed by atoms with Crippen molar-refractivity contribution in [2.24, 2.45) is 0 Å². The van der Waals surface area contributed by atoms with Crippen LogP contribution in [0.1, 0.15) is 67.3 Å². The zero-order chi connectivity index (χ0) is 36.9. The van der Waals surface area contributed by atoms with Crippen molar-refractivity contribution in [2.45, 2.75) is 55.9 Å². The van der Waals surface area contributed by atoms with Gasteiger partial charge in [-0.3, -0.25) is 0 Å². The van der Waals surface area contributed by atoms with Gasteiger partial charge in [0.05, 0.1) is 11.0 Å². The molecule has 1 fully saturated rings. The molecule has 3 aliphatic rings. The third kappa shape index (κ3) is 4.34. The first-order chi connectivity index (χ1) is 26.9. The van der Waals surface area contributed by atoms with Crippen molar-refractivity contribution in [1.82, 2.24) is 0 Å². The maximum Gasteiger partial charge on any atom is 0.123 e. The molecule has 266 valence electrons. The molecule has 11 rings (SSSR count). The van der Waals surface area contributed by atoms with Crippen LogP contribution in [-0.4, -0.2) is 5.54 Å². The molecule has 2 atom stereocenters. The van der Waals surface area contributed by atoms with Gasteiger partial charge in [-0.1, -0.05) is 147 Å². The third-order valence-corrected chi connectivity index (χ3v) is 14.0. The average Bonchev–Trinajstić information content (AvgIpc) is 3.65. The maximum absolute atomic E-state index is 14.2. The highest BCUT2D eigenvalue weighted by Gasteiger charge is 2.57. The second-order valence-corrected chi connectivity index (χ2v) is 16.5. The van der Waals surface area contributed by atoms with E-state index in [2.05, 4.69) is 164 Å². The fourth-order valence-corrected chi connectivity index (χ4v) is 11.2. The molecule has 2 unspecified atom stereocenters. The number of hydrogen-bond acceptors (Lipinski definition) is 1. The SMILES string of the molecule is CC12CCCCC1(C)N(c1ccc(F)cc1)c1ccc(-c3ccc4c(c3)C(c3ccccc3)(c3ccccc3)c3ccc5c(ccc6ccccc65)c3-4)cc12. The highest BCUT2D eigenvalue weighted by atomic mass is 19.1. The zero-order valence-corrected chi connectivity index (χ0v) is 31.3. The third-order valence-electron chi connectivity index (χ3n) is 14.0. The molecule has 1 saturated carbocycles. The number of anilines is 2. The Morgan fingerprint density at radius 1 is 0.509 bits per heavy atom. The molecular weight excluding hydrogens is 670 g/mol. The average molecular weight is 712 g/mol. The fraction of sp³-hybridized carbons (Fsp3) is 0.170. The molecule has 55 heavy (non-hydrogen) atoms. The number of nitrogens with zero attached hydrogens (tertiary/aromatic N) is 1. The van der Waals surface area contributed by atoms with Gasteiger partial charge < -0.3 is 4.90 Å². The summed E-state index contributed by atoms with van der Waals surface area (Å²) in [5, 5.41) is 5.13. The highest BCUT2D eigenvalue weighted by Crippen LogP contribution is 2.62. The van der Waals surface area contributed by atoms with Crippen LogP contribution in [0.15, 0.2) is 170 Å². The highest BCUT2D eigenvalue weighted by molar-refractivity contribution is 6.14. The number of halogens is 1. The molecule has 0 aromatic heterocycles. The van der Waals surface area contributed by atoms with Crippen LogP contribution < -0.4 is 4.90 Å². The number of rotatable bonds is 4. The number of benzene rings is 8. The van der Waals surface area contributed by atoms with Crippen LogP contribution in [0, 0.1) is 5.82 Å². The number of fused-ring (bicyclic) bond motifs is 10.